The van der Waals surface area contributed by atoms with E-state index in [1.807, 2.05) is 64.1 Å². The second-order valence-corrected chi connectivity index (χ2v) is 13.4. The molecule has 238 valence electrons. The number of hydrogen-bond acceptors (Lipinski definition) is 8. The first kappa shape index (κ1) is 30.9. The predicted molar refractivity (Wildman–Crippen MR) is 171 cm³/mol. The van der Waals surface area contributed by atoms with Crippen LogP contribution >= 0.6 is 0 Å². The van der Waals surface area contributed by atoms with E-state index in [4.69, 9.17) is 23.9 Å². The molecule has 1 saturated heterocycles. The summed E-state index contributed by atoms with van der Waals surface area (Å²) >= 11 is 0. The number of piperidine rings is 1. The third-order valence-electron chi connectivity index (χ3n) is 9.26. The molecule has 3 aromatic rings. The summed E-state index contributed by atoms with van der Waals surface area (Å²) in [5.74, 6) is 1.66. The molecule has 1 aromatic heterocycles. The number of aryl methyl sites for hydroxylation is 1. The summed E-state index contributed by atoms with van der Waals surface area (Å²) < 4.78 is 22.9. The molecule has 0 radical (unpaired) electrons. The van der Waals surface area contributed by atoms with Gasteiger partial charge in [0.05, 0.1) is 30.9 Å². The maximum atomic E-state index is 12.8. The monoisotopic (exact) mass is 613 g/mol. The number of ether oxygens (including phenoxy) is 4. The molecule has 0 unspecified atom stereocenters. The highest BCUT2D eigenvalue weighted by atomic mass is 16.6. The molecular formula is C36H43N3O6. The van der Waals surface area contributed by atoms with Crippen LogP contribution in [-0.2, 0) is 38.6 Å². The minimum absolute atomic E-state index is 0.133. The molecule has 2 fully saturated rings. The SMILES string of the molecule is COC[C@H]1N(c2cccc(-c3cccc(C)c3OCc3ccc4c(c3)CN(C(=O)OC(C)(C)C)CC4)n2)C[C@@H]2C[C@@]21C(=O)OC. The maximum absolute atomic E-state index is 12.8. The standard InChI is InChI=1S/C36H43N3O6/c1-23-9-7-10-28(29-11-8-12-31(37-29)39-20-27-18-36(27,33(40)43-6)30(39)22-42-5)32(23)44-21-24-13-14-25-15-16-38(19-26(25)17-24)34(41)45-35(2,3)4/h7-14,17,27,30H,15-16,18-22H2,1-6H3/t27-,30+,36+/m0/s1. The van der Waals surface area contributed by atoms with E-state index in [2.05, 4.69) is 23.1 Å². The molecule has 6 rings (SSSR count). The van der Waals surface area contributed by atoms with Crippen molar-refractivity contribution < 1.29 is 28.5 Å². The van der Waals surface area contributed by atoms with E-state index in [1.54, 1.807) is 12.0 Å². The lowest BCUT2D eigenvalue weighted by Crippen LogP contribution is -2.44. The zero-order chi connectivity index (χ0) is 31.9. The lowest BCUT2D eigenvalue weighted by atomic mass is 9.96. The van der Waals surface area contributed by atoms with Gasteiger partial charge in [-0.2, -0.15) is 0 Å². The molecule has 45 heavy (non-hydrogen) atoms. The van der Waals surface area contributed by atoms with Crippen LogP contribution in [0.2, 0.25) is 0 Å². The number of hydrogen-bond donors (Lipinski definition) is 0. The predicted octanol–water partition coefficient (Wildman–Crippen LogP) is 5.94. The molecule has 2 aliphatic heterocycles. The Labute approximate surface area is 265 Å². The second kappa shape index (κ2) is 12.0. The van der Waals surface area contributed by atoms with E-state index in [1.165, 1.54) is 12.7 Å². The van der Waals surface area contributed by atoms with E-state index in [0.717, 1.165) is 58.9 Å². The van der Waals surface area contributed by atoms with Gasteiger partial charge in [0.1, 0.15) is 23.8 Å². The largest absolute Gasteiger partial charge is 0.488 e. The molecule has 1 amide bonds. The summed E-state index contributed by atoms with van der Waals surface area (Å²) in [6.07, 6.45) is 1.33. The van der Waals surface area contributed by atoms with Crippen LogP contribution in [0.15, 0.2) is 54.6 Å². The number of aromatic nitrogens is 1. The summed E-state index contributed by atoms with van der Waals surface area (Å²) in [6.45, 7) is 10.4. The normalized spacial score (nSPS) is 22.0. The summed E-state index contributed by atoms with van der Waals surface area (Å²) in [7, 11) is 3.12. The van der Waals surface area contributed by atoms with Crippen LogP contribution in [0.4, 0.5) is 10.6 Å². The molecule has 0 bridgehead atoms. The Morgan fingerprint density at radius 3 is 2.60 bits per heavy atom. The Kier molecular flexibility index (Phi) is 8.24. The zero-order valence-electron chi connectivity index (χ0n) is 27.1. The summed E-state index contributed by atoms with van der Waals surface area (Å²) in [6, 6.07) is 18.3. The number of methoxy groups -OCH3 is 2. The highest BCUT2D eigenvalue weighted by Crippen LogP contribution is 2.62. The Morgan fingerprint density at radius 2 is 1.84 bits per heavy atom. The Hall–Kier alpha value is -4.11. The van der Waals surface area contributed by atoms with Crippen molar-refractivity contribution in [2.75, 3.05) is 38.8 Å². The van der Waals surface area contributed by atoms with Gasteiger partial charge in [-0.25, -0.2) is 9.78 Å². The number of pyridine rings is 1. The van der Waals surface area contributed by atoms with Crippen LogP contribution in [0.25, 0.3) is 11.3 Å². The average molecular weight is 614 g/mol. The Morgan fingerprint density at radius 1 is 1.04 bits per heavy atom. The van der Waals surface area contributed by atoms with Gasteiger partial charge in [0.25, 0.3) is 0 Å². The van der Waals surface area contributed by atoms with Gasteiger partial charge in [-0.05, 0) is 86.9 Å². The molecule has 1 aliphatic carbocycles. The van der Waals surface area contributed by atoms with Crippen molar-refractivity contribution in [3.8, 4) is 17.0 Å². The molecule has 0 N–H and O–H groups in total. The van der Waals surface area contributed by atoms with Crippen LogP contribution in [0.1, 0.15) is 49.4 Å². The van der Waals surface area contributed by atoms with Gasteiger partial charge in [0.15, 0.2) is 0 Å². The van der Waals surface area contributed by atoms with Crippen LogP contribution < -0.4 is 9.64 Å². The quantitative estimate of drug-likeness (QED) is 0.288. The van der Waals surface area contributed by atoms with Crippen molar-refractivity contribution >= 4 is 17.9 Å². The van der Waals surface area contributed by atoms with Crippen LogP contribution in [0, 0.1) is 18.3 Å². The van der Waals surface area contributed by atoms with E-state index >= 15 is 0 Å². The van der Waals surface area contributed by atoms with E-state index in [9.17, 15) is 9.59 Å². The van der Waals surface area contributed by atoms with Crippen molar-refractivity contribution in [2.45, 2.75) is 65.3 Å². The number of fused-ring (bicyclic) bond motifs is 2. The minimum atomic E-state index is -0.529. The van der Waals surface area contributed by atoms with Crippen molar-refractivity contribution in [1.82, 2.24) is 9.88 Å². The van der Waals surface area contributed by atoms with Crippen molar-refractivity contribution in [1.29, 1.82) is 0 Å². The molecule has 9 heteroatoms. The number of esters is 1. The first-order chi connectivity index (χ1) is 21.5. The van der Waals surface area contributed by atoms with Gasteiger partial charge >= 0.3 is 12.1 Å². The van der Waals surface area contributed by atoms with Crippen LogP contribution in [0.5, 0.6) is 5.75 Å². The first-order valence-electron chi connectivity index (χ1n) is 15.7. The lowest BCUT2D eigenvalue weighted by molar-refractivity contribution is -0.148. The molecule has 3 heterocycles. The van der Waals surface area contributed by atoms with Crippen molar-refractivity contribution in [3.63, 3.8) is 0 Å². The highest BCUT2D eigenvalue weighted by Gasteiger charge is 2.71. The molecule has 1 saturated carbocycles. The van der Waals surface area contributed by atoms with Crippen LogP contribution in [0.3, 0.4) is 0 Å². The maximum Gasteiger partial charge on any atom is 0.410 e. The summed E-state index contributed by atoms with van der Waals surface area (Å²) in [5.41, 5.74) is 5.05. The molecule has 9 nitrogen and oxygen atoms in total. The second-order valence-electron chi connectivity index (χ2n) is 13.4. The van der Waals surface area contributed by atoms with E-state index in [0.29, 0.717) is 26.3 Å². The van der Waals surface area contributed by atoms with Gasteiger partial charge in [0, 0.05) is 32.3 Å². The topological polar surface area (TPSA) is 90.4 Å². The number of amides is 1. The minimum Gasteiger partial charge on any atom is -0.488 e. The number of para-hydroxylation sites is 1. The highest BCUT2D eigenvalue weighted by molar-refractivity contribution is 5.84. The van der Waals surface area contributed by atoms with Crippen molar-refractivity contribution in [2.24, 2.45) is 11.3 Å². The molecule has 0 spiro atoms. The van der Waals surface area contributed by atoms with Gasteiger partial charge < -0.3 is 28.7 Å². The van der Waals surface area contributed by atoms with E-state index < -0.39 is 11.0 Å². The van der Waals surface area contributed by atoms with E-state index in [-0.39, 0.29) is 24.0 Å². The number of benzene rings is 2. The summed E-state index contributed by atoms with van der Waals surface area (Å²) in [5, 5.41) is 0. The third kappa shape index (κ3) is 5.98. The Bertz CT molecular complexity index is 1600. The zero-order valence-corrected chi connectivity index (χ0v) is 27.1. The number of carbonyl (C=O) groups excluding carboxylic acids is 2. The fourth-order valence-corrected chi connectivity index (χ4v) is 6.97. The fourth-order valence-electron chi connectivity index (χ4n) is 6.97. The first-order valence-corrected chi connectivity index (χ1v) is 15.7. The molecule has 2 aromatic carbocycles. The third-order valence-corrected chi connectivity index (χ3v) is 9.26. The number of rotatable bonds is 8. The molecule has 3 atom stereocenters. The fraction of sp³-hybridized carbons (Fsp3) is 0.472. The Balaban J connectivity index is 1.21. The number of anilines is 1. The molecule has 3 aliphatic rings. The van der Waals surface area contributed by atoms with Gasteiger partial charge in [-0.3, -0.25) is 4.79 Å². The number of carbonyl (C=O) groups is 2. The van der Waals surface area contributed by atoms with Gasteiger partial charge in [-0.15, -0.1) is 0 Å². The lowest BCUT2D eigenvalue weighted by Gasteiger charge is -2.31. The molecular weight excluding hydrogens is 570 g/mol. The number of nitrogens with zero attached hydrogens (tertiary/aromatic N) is 3. The summed E-state index contributed by atoms with van der Waals surface area (Å²) in [4.78, 5) is 34.6. The van der Waals surface area contributed by atoms with Crippen LogP contribution in [-0.4, -0.2) is 67.5 Å². The smallest absolute Gasteiger partial charge is 0.410 e. The average Bonchev–Trinajstić information content (AvgIpc) is 3.66. The van der Waals surface area contributed by atoms with Gasteiger partial charge in [0.2, 0.25) is 0 Å². The van der Waals surface area contributed by atoms with Gasteiger partial charge in [-0.1, -0.05) is 36.4 Å². The van der Waals surface area contributed by atoms with Crippen molar-refractivity contribution in [3.05, 3.63) is 76.9 Å².